The molecule has 4 rings (SSSR count). The number of likely N-dealkylation sites (tertiary alicyclic amines) is 1. The van der Waals surface area contributed by atoms with Gasteiger partial charge >= 0.3 is 36.0 Å². The minimum Gasteiger partial charge on any atom is -0.507 e. The van der Waals surface area contributed by atoms with Gasteiger partial charge in [0.25, 0.3) is 0 Å². The molecule has 61 heavy (non-hydrogen) atoms. The molecule has 2 heterocycles. The molecule has 0 bridgehead atoms. The average molecular weight is 901 g/mol. The molecule has 2 aromatic carbocycles. The van der Waals surface area contributed by atoms with Crippen molar-refractivity contribution in [1.82, 2.24) is 19.6 Å². The third kappa shape index (κ3) is 8.05. The molecule has 14 N–H and O–H groups in total. The first-order chi connectivity index (χ1) is 27.6. The van der Waals surface area contributed by atoms with Crippen molar-refractivity contribution in [3.05, 3.63) is 33.6 Å². The van der Waals surface area contributed by atoms with Crippen molar-refractivity contribution in [3.8, 4) is 34.5 Å². The molecule has 0 amide bonds. The normalized spacial score (nSPS) is 23.9. The van der Waals surface area contributed by atoms with Gasteiger partial charge in [0.05, 0.1) is 0 Å². The molecule has 0 radical (unpaired) electrons. The second-order valence-electron chi connectivity index (χ2n) is 14.9. The molecule has 27 heteroatoms. The van der Waals surface area contributed by atoms with Crippen LogP contribution >= 0.6 is 0 Å². The van der Waals surface area contributed by atoms with Gasteiger partial charge in [0, 0.05) is 62.1 Å². The Labute approximate surface area is 340 Å². The zero-order valence-electron chi connectivity index (χ0n) is 32.9. The van der Waals surface area contributed by atoms with E-state index in [9.17, 15) is 102 Å². The number of piperidine rings is 1. The average Bonchev–Trinajstić information content (AvgIpc) is 3.11. The lowest BCUT2D eigenvalue weighted by atomic mass is 9.85. The SMILES string of the molecule is COC(CN(C)C(C)Cc1c(O)c(C(F)(F)F)c(O)c(C(F)(F)F)c1O)N1CCC(N2C(O)(O)C(O)(O)N(C(C)OC)C(O)(O)C2(O)O)CC1c1c(C)c(O)c(F)c(O)c1O. The van der Waals surface area contributed by atoms with E-state index >= 15 is 0 Å². The summed E-state index contributed by atoms with van der Waals surface area (Å²) in [6.45, 7) is 2.21. The van der Waals surface area contributed by atoms with Crippen LogP contribution in [0.4, 0.5) is 30.7 Å². The molecule has 2 saturated heterocycles. The van der Waals surface area contributed by atoms with E-state index in [0.29, 0.717) is 0 Å². The lowest BCUT2D eigenvalue weighted by molar-refractivity contribution is -0.622. The summed E-state index contributed by atoms with van der Waals surface area (Å²) in [4.78, 5) is 1.74. The number of aromatic hydroxyl groups is 6. The zero-order chi connectivity index (χ0) is 47.1. The van der Waals surface area contributed by atoms with Crippen LogP contribution in [0.25, 0.3) is 0 Å². The number of nitrogens with zero attached hydrogens (tertiary/aromatic N) is 4. The van der Waals surface area contributed by atoms with Crippen molar-refractivity contribution >= 4 is 0 Å². The highest BCUT2D eigenvalue weighted by Gasteiger charge is 2.79. The molecular weight excluding hydrogens is 853 g/mol. The molecule has 0 aromatic heterocycles. The number of hydrogen-bond donors (Lipinski definition) is 14. The summed E-state index contributed by atoms with van der Waals surface area (Å²) in [5.41, 5.74) is -7.24. The molecule has 0 spiro atoms. The van der Waals surface area contributed by atoms with Gasteiger partial charge in [0.2, 0.25) is 5.82 Å². The molecule has 2 aliphatic heterocycles. The third-order valence-corrected chi connectivity index (χ3v) is 11.3. The van der Waals surface area contributed by atoms with E-state index in [4.69, 9.17) is 9.47 Å². The number of piperazine rings is 1. The third-order valence-electron chi connectivity index (χ3n) is 11.3. The monoisotopic (exact) mass is 900 g/mol. The topological polar surface area (TPSA) is 315 Å². The van der Waals surface area contributed by atoms with Gasteiger partial charge in [-0.3, -0.25) is 9.80 Å². The van der Waals surface area contributed by atoms with E-state index in [1.165, 1.54) is 23.8 Å². The number of methoxy groups -OCH3 is 2. The Morgan fingerprint density at radius 3 is 1.62 bits per heavy atom. The van der Waals surface area contributed by atoms with Gasteiger partial charge in [-0.25, -0.2) is 0 Å². The lowest BCUT2D eigenvalue weighted by Gasteiger charge is -2.64. The van der Waals surface area contributed by atoms with Crippen LogP contribution in [0.2, 0.25) is 0 Å². The van der Waals surface area contributed by atoms with Crippen LogP contribution < -0.4 is 0 Å². The molecule has 348 valence electrons. The second kappa shape index (κ2) is 16.4. The van der Waals surface area contributed by atoms with Crippen LogP contribution in [-0.4, -0.2) is 174 Å². The molecule has 20 nitrogen and oxygen atoms in total. The summed E-state index contributed by atoms with van der Waals surface area (Å²) in [7, 11) is 3.22. The van der Waals surface area contributed by atoms with Gasteiger partial charge in [-0.2, -0.15) is 40.5 Å². The number of aliphatic hydroxyl groups is 8. The predicted molar refractivity (Wildman–Crippen MR) is 185 cm³/mol. The molecular formula is C34H47F7N4O16. The minimum absolute atomic E-state index is 0.324. The highest BCUT2D eigenvalue weighted by atomic mass is 19.4. The maximum absolute atomic E-state index is 14.7. The Morgan fingerprint density at radius 1 is 0.721 bits per heavy atom. The van der Waals surface area contributed by atoms with Gasteiger partial charge < -0.3 is 81.0 Å². The zero-order valence-corrected chi connectivity index (χ0v) is 32.9. The molecule has 5 atom stereocenters. The van der Waals surface area contributed by atoms with Gasteiger partial charge in [0.1, 0.15) is 40.8 Å². The Hall–Kier alpha value is -3.81. The number of phenols is 6. The number of ether oxygens (including phenoxy) is 2. The van der Waals surface area contributed by atoms with E-state index < -0.39 is 172 Å². The molecule has 2 aromatic rings. The number of alkyl halides is 6. The van der Waals surface area contributed by atoms with Gasteiger partial charge in [-0.1, -0.05) is 0 Å². The first kappa shape index (κ1) is 49.8. The van der Waals surface area contributed by atoms with Crippen molar-refractivity contribution < 1.29 is 112 Å². The highest BCUT2D eigenvalue weighted by molar-refractivity contribution is 5.63. The minimum atomic E-state index is -5.74. The Bertz CT molecular complexity index is 1870. The molecule has 0 saturated carbocycles. The molecule has 5 unspecified atom stereocenters. The van der Waals surface area contributed by atoms with Crippen LogP contribution in [0.5, 0.6) is 34.5 Å². The first-order valence-corrected chi connectivity index (χ1v) is 17.8. The van der Waals surface area contributed by atoms with Crippen LogP contribution in [0, 0.1) is 12.7 Å². The Balaban J connectivity index is 1.81. The van der Waals surface area contributed by atoms with Crippen LogP contribution in [0.15, 0.2) is 0 Å². The van der Waals surface area contributed by atoms with Crippen LogP contribution in [0.1, 0.15) is 60.5 Å². The van der Waals surface area contributed by atoms with E-state index in [0.717, 1.165) is 28.1 Å². The molecule has 0 aliphatic carbocycles. The predicted octanol–water partition coefficient (Wildman–Crippen LogP) is -0.390. The first-order valence-electron chi connectivity index (χ1n) is 17.8. The van der Waals surface area contributed by atoms with E-state index in [2.05, 4.69) is 0 Å². The summed E-state index contributed by atoms with van der Waals surface area (Å²) in [6.07, 6.45) is -17.2. The number of halogens is 7. The fourth-order valence-electron chi connectivity index (χ4n) is 7.94. The van der Waals surface area contributed by atoms with Crippen LogP contribution in [0.3, 0.4) is 0 Å². The van der Waals surface area contributed by atoms with Gasteiger partial charge in [0.15, 0.2) is 17.2 Å². The van der Waals surface area contributed by atoms with Crippen LogP contribution in [-0.2, 0) is 28.2 Å². The van der Waals surface area contributed by atoms with Crippen molar-refractivity contribution in [2.24, 2.45) is 0 Å². The van der Waals surface area contributed by atoms with Crippen molar-refractivity contribution in [2.45, 2.75) is 107 Å². The number of likely N-dealkylation sites (N-methyl/N-ethyl adjacent to an activating group) is 1. The standard InChI is InChI=1S/C34H47F7N4O16/c1-12(9-16-24(47)20(29(36,37)38)27(50)21(25(16)48)30(39,40)41)42(4)11-18(61-6)43-8-7-15(10-17(43)19-13(2)23(46)22(35)28(51)26(19)49)45-33(56,57)31(52,53)44(14(3)60-5)32(54,55)34(45,58)59/h12,14-15,17-18,46-59H,7-11H2,1-6H3. The largest absolute Gasteiger partial charge is 0.507 e. The number of rotatable bonds is 11. The molecule has 2 fully saturated rings. The second-order valence-corrected chi connectivity index (χ2v) is 14.9. The Morgan fingerprint density at radius 2 is 1.20 bits per heavy atom. The Kier molecular flexibility index (Phi) is 13.4. The smallest absolute Gasteiger partial charge is 0.423 e. The van der Waals surface area contributed by atoms with E-state index in [-0.39, 0.29) is 4.90 Å². The fraction of sp³-hybridized carbons (Fsp3) is 0.647. The van der Waals surface area contributed by atoms with E-state index in [1.807, 2.05) is 0 Å². The lowest BCUT2D eigenvalue weighted by Crippen LogP contribution is -2.92. The number of hydrogen-bond acceptors (Lipinski definition) is 20. The maximum Gasteiger partial charge on any atom is 0.423 e. The van der Waals surface area contributed by atoms with Gasteiger partial charge in [-0.15, -0.1) is 0 Å². The highest BCUT2D eigenvalue weighted by Crippen LogP contribution is 2.55. The number of benzene rings is 2. The fourth-order valence-corrected chi connectivity index (χ4v) is 7.94. The van der Waals surface area contributed by atoms with Crippen molar-refractivity contribution in [2.75, 3.05) is 34.4 Å². The van der Waals surface area contributed by atoms with Crippen molar-refractivity contribution in [3.63, 3.8) is 0 Å². The number of phenolic OH excluding ortho intramolecular Hbond substituents is 6. The van der Waals surface area contributed by atoms with E-state index in [1.54, 1.807) is 0 Å². The quantitative estimate of drug-likeness (QED) is 0.0591. The van der Waals surface area contributed by atoms with Crippen molar-refractivity contribution in [1.29, 1.82) is 0 Å². The maximum atomic E-state index is 14.7. The summed E-state index contributed by atoms with van der Waals surface area (Å²) in [6, 6.07) is -4.77. The summed E-state index contributed by atoms with van der Waals surface area (Å²) >= 11 is 0. The van der Waals surface area contributed by atoms with Gasteiger partial charge in [-0.05, 0) is 47.1 Å². The summed E-state index contributed by atoms with van der Waals surface area (Å²) < 4.78 is 108. The molecule has 2 aliphatic rings. The summed E-state index contributed by atoms with van der Waals surface area (Å²) in [5, 5.41) is 152. The summed E-state index contributed by atoms with van der Waals surface area (Å²) in [5.74, 6) is -29.0.